The van der Waals surface area contributed by atoms with E-state index in [9.17, 15) is 4.79 Å². The lowest BCUT2D eigenvalue weighted by Gasteiger charge is -2.15. The zero-order chi connectivity index (χ0) is 13.7. The van der Waals surface area contributed by atoms with Gasteiger partial charge >= 0.3 is 0 Å². The predicted octanol–water partition coefficient (Wildman–Crippen LogP) is 1.31. The van der Waals surface area contributed by atoms with Crippen LogP contribution in [0, 0.1) is 11.3 Å². The summed E-state index contributed by atoms with van der Waals surface area (Å²) in [7, 11) is 2.10. The van der Waals surface area contributed by atoms with Crippen LogP contribution in [-0.4, -0.2) is 37.0 Å². The Morgan fingerprint density at radius 3 is 2.68 bits per heavy atom. The Balaban J connectivity index is 1.69. The van der Waals surface area contributed by atoms with Crippen LogP contribution in [0.4, 0.5) is 0 Å². The minimum Gasteiger partial charge on any atom is -0.355 e. The molecule has 1 N–H and O–H groups in total. The van der Waals surface area contributed by atoms with Crippen molar-refractivity contribution in [1.82, 2.24) is 10.2 Å². The lowest BCUT2D eigenvalue weighted by atomic mass is 10.1. The first-order valence-electron chi connectivity index (χ1n) is 6.65. The van der Waals surface area contributed by atoms with Crippen molar-refractivity contribution < 1.29 is 4.79 Å². The van der Waals surface area contributed by atoms with Crippen LogP contribution in [-0.2, 0) is 11.2 Å². The summed E-state index contributed by atoms with van der Waals surface area (Å²) in [5.74, 6) is 0.0360. The molecule has 1 amide bonds. The molecule has 0 saturated heterocycles. The number of benzene rings is 1. The summed E-state index contributed by atoms with van der Waals surface area (Å²) in [6, 6.07) is 9.93. The van der Waals surface area contributed by atoms with E-state index in [1.165, 1.54) is 12.8 Å². The summed E-state index contributed by atoms with van der Waals surface area (Å²) in [6.07, 6.45) is 2.95. The van der Waals surface area contributed by atoms with Gasteiger partial charge in [0.15, 0.2) is 0 Å². The number of hydrogen-bond acceptors (Lipinski definition) is 3. The Morgan fingerprint density at radius 2 is 2.11 bits per heavy atom. The molecule has 0 atom stereocenters. The summed E-state index contributed by atoms with van der Waals surface area (Å²) in [6.45, 7) is 1.60. The minimum absolute atomic E-state index is 0.0360. The highest BCUT2D eigenvalue weighted by Gasteiger charge is 2.25. The largest absolute Gasteiger partial charge is 0.355 e. The maximum atomic E-state index is 11.7. The van der Waals surface area contributed by atoms with Crippen LogP contribution in [0.2, 0.25) is 0 Å². The van der Waals surface area contributed by atoms with Crippen LogP contribution in [0.3, 0.4) is 0 Å². The summed E-state index contributed by atoms with van der Waals surface area (Å²) in [5.41, 5.74) is 1.56. The smallest absolute Gasteiger partial charge is 0.224 e. The zero-order valence-electron chi connectivity index (χ0n) is 11.2. The van der Waals surface area contributed by atoms with E-state index in [1.807, 2.05) is 12.1 Å². The molecule has 4 heteroatoms. The van der Waals surface area contributed by atoms with Crippen molar-refractivity contribution in [3.8, 4) is 6.07 Å². The van der Waals surface area contributed by atoms with Gasteiger partial charge in [0, 0.05) is 19.1 Å². The summed E-state index contributed by atoms with van der Waals surface area (Å²) in [5, 5.41) is 11.6. The molecule has 1 saturated carbocycles. The second-order valence-electron chi connectivity index (χ2n) is 5.05. The van der Waals surface area contributed by atoms with Gasteiger partial charge in [-0.2, -0.15) is 5.26 Å². The van der Waals surface area contributed by atoms with E-state index in [1.54, 1.807) is 12.1 Å². The van der Waals surface area contributed by atoms with Crippen molar-refractivity contribution in [3.05, 3.63) is 35.4 Å². The number of carbonyl (C=O) groups excluding carboxylic acids is 1. The van der Waals surface area contributed by atoms with Crippen LogP contribution >= 0.6 is 0 Å². The molecule has 19 heavy (non-hydrogen) atoms. The molecule has 0 heterocycles. The number of nitrogens with zero attached hydrogens (tertiary/aromatic N) is 2. The van der Waals surface area contributed by atoms with Crippen molar-refractivity contribution in [2.24, 2.45) is 0 Å². The highest BCUT2D eigenvalue weighted by atomic mass is 16.1. The lowest BCUT2D eigenvalue weighted by Crippen LogP contribution is -2.34. The molecule has 2 rings (SSSR count). The van der Waals surface area contributed by atoms with Gasteiger partial charge in [0.05, 0.1) is 18.1 Å². The summed E-state index contributed by atoms with van der Waals surface area (Å²) < 4.78 is 0. The molecule has 1 aromatic carbocycles. The number of hydrogen-bond donors (Lipinski definition) is 1. The third kappa shape index (κ3) is 4.38. The van der Waals surface area contributed by atoms with E-state index in [4.69, 9.17) is 5.26 Å². The fourth-order valence-electron chi connectivity index (χ4n) is 2.01. The molecule has 0 radical (unpaired) electrons. The number of carbonyl (C=O) groups is 1. The SMILES string of the molecule is CN(CCNC(=O)Cc1ccc(C#N)cc1)C1CC1. The number of likely N-dealkylation sites (N-methyl/N-ethyl adjacent to an activating group) is 1. The van der Waals surface area contributed by atoms with Crippen molar-refractivity contribution >= 4 is 5.91 Å². The van der Waals surface area contributed by atoms with E-state index in [2.05, 4.69) is 23.3 Å². The van der Waals surface area contributed by atoms with Crippen LogP contribution < -0.4 is 5.32 Å². The highest BCUT2D eigenvalue weighted by Crippen LogP contribution is 2.24. The molecule has 1 aliphatic carbocycles. The van der Waals surface area contributed by atoms with Crippen molar-refractivity contribution in [2.75, 3.05) is 20.1 Å². The molecule has 0 aromatic heterocycles. The Hall–Kier alpha value is -1.86. The van der Waals surface area contributed by atoms with Crippen LogP contribution in [0.1, 0.15) is 24.0 Å². The maximum absolute atomic E-state index is 11.7. The van der Waals surface area contributed by atoms with E-state index in [-0.39, 0.29) is 5.91 Å². The molecule has 0 spiro atoms. The van der Waals surface area contributed by atoms with E-state index in [0.29, 0.717) is 18.5 Å². The lowest BCUT2D eigenvalue weighted by molar-refractivity contribution is -0.120. The molecular weight excluding hydrogens is 238 g/mol. The molecule has 100 valence electrons. The molecule has 0 aliphatic heterocycles. The average Bonchev–Trinajstić information content (AvgIpc) is 3.24. The molecular formula is C15H19N3O. The maximum Gasteiger partial charge on any atom is 0.224 e. The number of nitrogens with one attached hydrogen (secondary N) is 1. The van der Waals surface area contributed by atoms with Gasteiger partial charge < -0.3 is 10.2 Å². The van der Waals surface area contributed by atoms with E-state index < -0.39 is 0 Å². The topological polar surface area (TPSA) is 56.1 Å². The van der Waals surface area contributed by atoms with Gasteiger partial charge in [-0.15, -0.1) is 0 Å². The Labute approximate surface area is 114 Å². The van der Waals surface area contributed by atoms with Gasteiger partial charge in [-0.25, -0.2) is 0 Å². The van der Waals surface area contributed by atoms with Crippen molar-refractivity contribution in [3.63, 3.8) is 0 Å². The highest BCUT2D eigenvalue weighted by molar-refractivity contribution is 5.78. The standard InChI is InChI=1S/C15H19N3O/c1-18(14-6-7-14)9-8-17-15(19)10-12-2-4-13(11-16)5-3-12/h2-5,14H,6-10H2,1H3,(H,17,19). The fraction of sp³-hybridized carbons (Fsp3) is 0.467. The van der Waals surface area contributed by atoms with Gasteiger partial charge in [-0.3, -0.25) is 4.79 Å². The number of nitriles is 1. The summed E-state index contributed by atoms with van der Waals surface area (Å²) in [4.78, 5) is 14.0. The normalized spacial score (nSPS) is 14.2. The van der Waals surface area contributed by atoms with Gasteiger partial charge in [0.25, 0.3) is 0 Å². The molecule has 0 bridgehead atoms. The second-order valence-corrected chi connectivity index (χ2v) is 5.05. The first-order chi connectivity index (χ1) is 9.19. The zero-order valence-corrected chi connectivity index (χ0v) is 11.2. The monoisotopic (exact) mass is 257 g/mol. The first-order valence-corrected chi connectivity index (χ1v) is 6.65. The molecule has 4 nitrogen and oxygen atoms in total. The van der Waals surface area contributed by atoms with Gasteiger partial charge in [0.1, 0.15) is 0 Å². The fourth-order valence-corrected chi connectivity index (χ4v) is 2.01. The molecule has 1 fully saturated rings. The third-order valence-corrected chi connectivity index (χ3v) is 3.40. The number of rotatable bonds is 6. The van der Waals surface area contributed by atoms with Crippen LogP contribution in [0.15, 0.2) is 24.3 Å². The van der Waals surface area contributed by atoms with Crippen LogP contribution in [0.5, 0.6) is 0 Å². The van der Waals surface area contributed by atoms with E-state index in [0.717, 1.165) is 18.2 Å². The minimum atomic E-state index is 0.0360. The average molecular weight is 257 g/mol. The Kier molecular flexibility index (Phi) is 4.53. The van der Waals surface area contributed by atoms with Crippen molar-refractivity contribution in [2.45, 2.75) is 25.3 Å². The molecule has 1 aromatic rings. The Morgan fingerprint density at radius 1 is 1.42 bits per heavy atom. The van der Waals surface area contributed by atoms with Crippen molar-refractivity contribution in [1.29, 1.82) is 5.26 Å². The molecule has 0 unspecified atom stereocenters. The van der Waals surface area contributed by atoms with Gasteiger partial charge in [-0.05, 0) is 37.6 Å². The first kappa shape index (κ1) is 13.6. The third-order valence-electron chi connectivity index (χ3n) is 3.40. The summed E-state index contributed by atoms with van der Waals surface area (Å²) >= 11 is 0. The number of amides is 1. The Bertz CT molecular complexity index is 471. The van der Waals surface area contributed by atoms with Gasteiger partial charge in [-0.1, -0.05) is 12.1 Å². The van der Waals surface area contributed by atoms with E-state index >= 15 is 0 Å². The predicted molar refractivity (Wildman–Crippen MR) is 73.5 cm³/mol. The quantitative estimate of drug-likeness (QED) is 0.836. The second kappa shape index (κ2) is 6.35. The van der Waals surface area contributed by atoms with Gasteiger partial charge in [0.2, 0.25) is 5.91 Å². The van der Waals surface area contributed by atoms with Crippen LogP contribution in [0.25, 0.3) is 0 Å². The molecule has 1 aliphatic rings.